The molecule has 0 fully saturated rings. The molecule has 1 aliphatic rings. The average Bonchev–Trinajstić information content (AvgIpc) is 2.82. The number of rotatable bonds is 6. The zero-order chi connectivity index (χ0) is 22.0. The van der Waals surface area contributed by atoms with Crippen molar-refractivity contribution < 1.29 is 23.7 Å². The lowest BCUT2D eigenvalue weighted by Gasteiger charge is -2.38. The number of methoxy groups -OCH3 is 4. The highest BCUT2D eigenvalue weighted by molar-refractivity contribution is 5.98. The van der Waals surface area contributed by atoms with Crippen molar-refractivity contribution in [2.75, 3.05) is 33.3 Å². The summed E-state index contributed by atoms with van der Waals surface area (Å²) in [5.41, 5.74) is 3.62. The minimum absolute atomic E-state index is 0.00528. The maximum atomic E-state index is 13.4. The van der Waals surface area contributed by atoms with Crippen molar-refractivity contribution >= 4 is 11.6 Å². The fourth-order valence-electron chi connectivity index (χ4n) is 4.11. The second kappa shape index (κ2) is 8.60. The van der Waals surface area contributed by atoms with Crippen LogP contribution in [0.5, 0.6) is 23.0 Å². The number of carbonyl (C=O) groups excluding carboxylic acids is 1. The average molecular weight is 419 g/mol. The number of benzene rings is 3. The van der Waals surface area contributed by atoms with Gasteiger partial charge in [-0.25, -0.2) is 0 Å². The maximum Gasteiger partial charge on any atom is 0.232 e. The molecule has 1 amide bonds. The Hall–Kier alpha value is -3.67. The van der Waals surface area contributed by atoms with Crippen LogP contribution in [0.25, 0.3) is 0 Å². The molecule has 0 radical (unpaired) electrons. The molecule has 31 heavy (non-hydrogen) atoms. The van der Waals surface area contributed by atoms with Crippen LogP contribution < -0.4 is 23.8 Å². The quantitative estimate of drug-likeness (QED) is 0.593. The molecule has 1 atom stereocenters. The monoisotopic (exact) mass is 419 g/mol. The first-order valence-electron chi connectivity index (χ1n) is 9.95. The minimum Gasteiger partial charge on any atom is -0.493 e. The number of carbonyl (C=O) groups is 1. The third kappa shape index (κ3) is 3.65. The first-order chi connectivity index (χ1) is 15.1. The molecule has 1 aliphatic heterocycles. The molecule has 3 aromatic rings. The fourth-order valence-corrected chi connectivity index (χ4v) is 4.11. The van der Waals surface area contributed by atoms with Gasteiger partial charge in [0.15, 0.2) is 23.0 Å². The summed E-state index contributed by atoms with van der Waals surface area (Å²) in [4.78, 5) is 15.2. The van der Waals surface area contributed by atoms with E-state index in [-0.39, 0.29) is 18.4 Å². The van der Waals surface area contributed by atoms with Gasteiger partial charge in [-0.3, -0.25) is 4.79 Å². The van der Waals surface area contributed by atoms with Gasteiger partial charge in [-0.1, -0.05) is 24.3 Å². The number of para-hydroxylation sites is 1. The predicted octanol–water partition coefficient (Wildman–Crippen LogP) is 4.40. The van der Waals surface area contributed by atoms with Crippen LogP contribution in [0.15, 0.2) is 60.7 Å². The SMILES string of the molecule is COc1ccc([C@@H]2c3cc(OC)c(OC)cc3CC(=O)N2c2ccccc2)cc1OC. The van der Waals surface area contributed by atoms with Crippen LogP contribution in [-0.2, 0) is 11.2 Å². The van der Waals surface area contributed by atoms with E-state index in [4.69, 9.17) is 18.9 Å². The van der Waals surface area contributed by atoms with E-state index in [1.165, 1.54) is 0 Å². The standard InChI is InChI=1S/C25H25NO5/c1-28-20-11-10-16(12-21(20)29-2)25-19-15-23(31-4)22(30-3)13-17(19)14-24(27)26(25)18-8-6-5-7-9-18/h5-13,15,25H,14H2,1-4H3/t25-/m1/s1. The molecule has 0 spiro atoms. The van der Waals surface area contributed by atoms with Gasteiger partial charge in [-0.05, 0) is 53.1 Å². The summed E-state index contributed by atoms with van der Waals surface area (Å²) in [5.74, 6) is 2.47. The number of nitrogens with zero attached hydrogens (tertiary/aromatic N) is 1. The summed E-state index contributed by atoms with van der Waals surface area (Å²) in [6, 6.07) is 18.9. The third-order valence-electron chi connectivity index (χ3n) is 5.57. The summed E-state index contributed by atoms with van der Waals surface area (Å²) in [7, 11) is 6.41. The molecule has 0 aromatic heterocycles. The van der Waals surface area contributed by atoms with Gasteiger partial charge in [-0.2, -0.15) is 0 Å². The van der Waals surface area contributed by atoms with Gasteiger partial charge in [0.1, 0.15) is 0 Å². The van der Waals surface area contributed by atoms with Crippen molar-refractivity contribution in [1.29, 1.82) is 0 Å². The Balaban J connectivity index is 1.96. The highest BCUT2D eigenvalue weighted by atomic mass is 16.5. The van der Waals surface area contributed by atoms with E-state index in [0.717, 1.165) is 22.4 Å². The lowest BCUT2D eigenvalue weighted by atomic mass is 9.86. The molecule has 4 rings (SSSR count). The Kier molecular flexibility index (Phi) is 5.71. The normalized spacial score (nSPS) is 15.3. The van der Waals surface area contributed by atoms with E-state index in [1.54, 1.807) is 28.4 Å². The molecule has 0 aliphatic carbocycles. The molecular formula is C25H25NO5. The van der Waals surface area contributed by atoms with Crippen molar-refractivity contribution in [2.24, 2.45) is 0 Å². The number of amides is 1. The van der Waals surface area contributed by atoms with E-state index in [0.29, 0.717) is 23.0 Å². The maximum absolute atomic E-state index is 13.4. The van der Waals surface area contributed by atoms with E-state index in [9.17, 15) is 4.79 Å². The molecule has 0 saturated heterocycles. The van der Waals surface area contributed by atoms with E-state index >= 15 is 0 Å². The molecule has 6 nitrogen and oxygen atoms in total. The number of hydrogen-bond donors (Lipinski definition) is 0. The summed E-state index contributed by atoms with van der Waals surface area (Å²) >= 11 is 0. The highest BCUT2D eigenvalue weighted by Crippen LogP contribution is 2.44. The first kappa shape index (κ1) is 20.6. The molecule has 160 valence electrons. The zero-order valence-electron chi connectivity index (χ0n) is 18.0. The highest BCUT2D eigenvalue weighted by Gasteiger charge is 2.36. The van der Waals surface area contributed by atoms with Gasteiger partial charge in [-0.15, -0.1) is 0 Å². The topological polar surface area (TPSA) is 57.2 Å². The molecule has 1 heterocycles. The molecule has 6 heteroatoms. The van der Waals surface area contributed by atoms with Crippen molar-refractivity contribution in [3.63, 3.8) is 0 Å². The molecule has 0 saturated carbocycles. The molecule has 3 aromatic carbocycles. The molecular weight excluding hydrogens is 394 g/mol. The molecule has 0 bridgehead atoms. The predicted molar refractivity (Wildman–Crippen MR) is 119 cm³/mol. The van der Waals surface area contributed by atoms with Gasteiger partial charge in [0, 0.05) is 5.69 Å². The Labute approximate surface area is 181 Å². The lowest BCUT2D eigenvalue weighted by Crippen LogP contribution is -2.41. The second-order valence-electron chi connectivity index (χ2n) is 7.20. The second-order valence-corrected chi connectivity index (χ2v) is 7.20. The van der Waals surface area contributed by atoms with Crippen molar-refractivity contribution in [3.05, 3.63) is 77.4 Å². The van der Waals surface area contributed by atoms with E-state index < -0.39 is 0 Å². The van der Waals surface area contributed by atoms with Gasteiger partial charge in [0.25, 0.3) is 0 Å². The summed E-state index contributed by atoms with van der Waals surface area (Å²) in [5, 5.41) is 0. The van der Waals surface area contributed by atoms with E-state index in [1.807, 2.05) is 65.6 Å². The van der Waals surface area contributed by atoms with Crippen molar-refractivity contribution in [3.8, 4) is 23.0 Å². The number of anilines is 1. The Morgan fingerprint density at radius 1 is 0.742 bits per heavy atom. The smallest absolute Gasteiger partial charge is 0.232 e. The van der Waals surface area contributed by atoms with E-state index in [2.05, 4.69) is 0 Å². The number of hydrogen-bond acceptors (Lipinski definition) is 5. The van der Waals surface area contributed by atoms with Crippen LogP contribution in [0, 0.1) is 0 Å². The van der Waals surface area contributed by atoms with Gasteiger partial charge < -0.3 is 23.8 Å². The van der Waals surface area contributed by atoms with Crippen molar-refractivity contribution in [2.45, 2.75) is 12.5 Å². The Bertz CT molecular complexity index is 1100. The van der Waals surface area contributed by atoms with Crippen molar-refractivity contribution in [1.82, 2.24) is 0 Å². The van der Waals surface area contributed by atoms with Crippen LogP contribution in [0.3, 0.4) is 0 Å². The Morgan fingerprint density at radius 3 is 2.00 bits per heavy atom. The van der Waals surface area contributed by atoms with Gasteiger partial charge in [0.2, 0.25) is 5.91 Å². The number of ether oxygens (including phenoxy) is 4. The summed E-state index contributed by atoms with van der Waals surface area (Å²) in [6.07, 6.45) is 0.272. The van der Waals surface area contributed by atoms with Crippen LogP contribution in [-0.4, -0.2) is 34.3 Å². The van der Waals surface area contributed by atoms with Gasteiger partial charge in [0.05, 0.1) is 40.9 Å². The Morgan fingerprint density at radius 2 is 1.35 bits per heavy atom. The van der Waals surface area contributed by atoms with Crippen LogP contribution in [0.1, 0.15) is 22.7 Å². The van der Waals surface area contributed by atoms with Crippen LogP contribution in [0.2, 0.25) is 0 Å². The largest absolute Gasteiger partial charge is 0.493 e. The van der Waals surface area contributed by atoms with Gasteiger partial charge >= 0.3 is 0 Å². The lowest BCUT2D eigenvalue weighted by molar-refractivity contribution is -0.118. The van der Waals surface area contributed by atoms with Crippen LogP contribution in [0.4, 0.5) is 5.69 Å². The summed E-state index contributed by atoms with van der Waals surface area (Å²) < 4.78 is 22.0. The molecule has 0 unspecified atom stereocenters. The number of fused-ring (bicyclic) bond motifs is 1. The third-order valence-corrected chi connectivity index (χ3v) is 5.57. The van der Waals surface area contributed by atoms with Crippen LogP contribution >= 0.6 is 0 Å². The molecule has 0 N–H and O–H groups in total. The fraction of sp³-hybridized carbons (Fsp3) is 0.240. The minimum atomic E-state index is -0.363. The summed E-state index contributed by atoms with van der Waals surface area (Å²) in [6.45, 7) is 0. The first-order valence-corrected chi connectivity index (χ1v) is 9.95. The zero-order valence-corrected chi connectivity index (χ0v) is 18.0.